The van der Waals surface area contributed by atoms with E-state index >= 15 is 0 Å². The number of esters is 1. The van der Waals surface area contributed by atoms with Crippen LogP contribution < -0.4 is 5.32 Å². The van der Waals surface area contributed by atoms with Gasteiger partial charge in [-0.2, -0.15) is 13.2 Å². The predicted octanol–water partition coefficient (Wildman–Crippen LogP) is 1.39. The number of hydrogen-bond donors (Lipinski definition) is 1. The quantitative estimate of drug-likeness (QED) is 0.587. The van der Waals surface area contributed by atoms with E-state index in [1.165, 1.54) is 6.92 Å². The lowest BCUT2D eigenvalue weighted by atomic mass is 9.97. The number of likely N-dealkylation sites (tertiary alicyclic amines) is 1. The van der Waals surface area contributed by atoms with Crippen molar-refractivity contribution in [3.05, 3.63) is 0 Å². The first-order valence-electron chi connectivity index (χ1n) is 7.45. The molecular formula is C14H21F3N2O4. The molecule has 0 bridgehead atoms. The van der Waals surface area contributed by atoms with Crippen LogP contribution in [0.4, 0.5) is 13.2 Å². The molecule has 0 aliphatic carbocycles. The lowest BCUT2D eigenvalue weighted by Gasteiger charge is -2.34. The summed E-state index contributed by atoms with van der Waals surface area (Å²) >= 11 is 0. The topological polar surface area (TPSA) is 75.7 Å². The molecule has 1 saturated heterocycles. The average molecular weight is 338 g/mol. The molecule has 1 fully saturated rings. The van der Waals surface area contributed by atoms with Crippen molar-refractivity contribution >= 4 is 17.8 Å². The Balaban J connectivity index is 2.56. The maximum Gasteiger partial charge on any atom is 0.471 e. The molecule has 1 heterocycles. The van der Waals surface area contributed by atoms with Crippen molar-refractivity contribution in [3.8, 4) is 0 Å². The Labute approximate surface area is 132 Å². The molecule has 132 valence electrons. The summed E-state index contributed by atoms with van der Waals surface area (Å²) < 4.78 is 42.5. The van der Waals surface area contributed by atoms with E-state index in [1.54, 1.807) is 6.92 Å². The van der Waals surface area contributed by atoms with E-state index in [2.05, 4.69) is 5.32 Å². The minimum absolute atomic E-state index is 0.106. The van der Waals surface area contributed by atoms with Gasteiger partial charge in [0.25, 0.3) is 0 Å². The third-order valence-electron chi connectivity index (χ3n) is 3.77. The highest BCUT2D eigenvalue weighted by Crippen LogP contribution is 2.33. The van der Waals surface area contributed by atoms with Gasteiger partial charge in [0, 0.05) is 19.5 Å². The minimum atomic E-state index is -5.00. The van der Waals surface area contributed by atoms with Crippen LogP contribution in [0.5, 0.6) is 0 Å². The molecule has 23 heavy (non-hydrogen) atoms. The highest BCUT2D eigenvalue weighted by molar-refractivity contribution is 5.93. The standard InChI is InChI=1S/C14H21F3N2O4/c1-3-23-10(20)6-4-8-18-11(21)13(2)7-5-9-19(13)12(22)14(15,16)17/h3-9H2,1-2H3,(H,18,21). The smallest absolute Gasteiger partial charge is 0.466 e. The Bertz CT molecular complexity index is 467. The molecule has 9 heteroatoms. The van der Waals surface area contributed by atoms with E-state index in [0.717, 1.165) is 0 Å². The fourth-order valence-electron chi connectivity index (χ4n) is 2.54. The van der Waals surface area contributed by atoms with Crippen molar-refractivity contribution in [2.75, 3.05) is 19.7 Å². The summed E-state index contributed by atoms with van der Waals surface area (Å²) in [5.41, 5.74) is -1.52. The average Bonchev–Trinajstić information content (AvgIpc) is 2.85. The van der Waals surface area contributed by atoms with Crippen LogP contribution in [0, 0.1) is 0 Å². The second-order valence-electron chi connectivity index (χ2n) is 5.50. The molecule has 1 N–H and O–H groups in total. The van der Waals surface area contributed by atoms with Gasteiger partial charge in [0.15, 0.2) is 0 Å². The lowest BCUT2D eigenvalue weighted by molar-refractivity contribution is -0.190. The van der Waals surface area contributed by atoms with Crippen LogP contribution in [0.25, 0.3) is 0 Å². The molecule has 1 aliphatic heterocycles. The minimum Gasteiger partial charge on any atom is -0.466 e. The van der Waals surface area contributed by atoms with E-state index in [1.807, 2.05) is 0 Å². The van der Waals surface area contributed by atoms with Crippen LogP contribution in [0.2, 0.25) is 0 Å². The summed E-state index contributed by atoms with van der Waals surface area (Å²) in [7, 11) is 0. The second-order valence-corrected chi connectivity index (χ2v) is 5.50. The summed E-state index contributed by atoms with van der Waals surface area (Å²) in [6.45, 7) is 3.28. The molecule has 1 atom stereocenters. The largest absolute Gasteiger partial charge is 0.471 e. The number of carbonyl (C=O) groups is 3. The van der Waals surface area contributed by atoms with Crippen LogP contribution in [-0.4, -0.2) is 54.1 Å². The highest BCUT2D eigenvalue weighted by Gasteiger charge is 2.53. The fraction of sp³-hybridized carbons (Fsp3) is 0.786. The van der Waals surface area contributed by atoms with Crippen molar-refractivity contribution < 1.29 is 32.3 Å². The molecule has 2 amide bonds. The summed E-state index contributed by atoms with van der Waals surface area (Å²) in [6.07, 6.45) is -4.09. The van der Waals surface area contributed by atoms with Crippen LogP contribution >= 0.6 is 0 Å². The van der Waals surface area contributed by atoms with Crippen molar-refractivity contribution in [1.29, 1.82) is 0 Å². The first-order chi connectivity index (χ1) is 10.6. The Hall–Kier alpha value is -1.80. The predicted molar refractivity (Wildman–Crippen MR) is 74.3 cm³/mol. The summed E-state index contributed by atoms with van der Waals surface area (Å²) in [4.78, 5) is 35.4. The van der Waals surface area contributed by atoms with Gasteiger partial charge in [-0.1, -0.05) is 0 Å². The number of carbonyl (C=O) groups excluding carboxylic acids is 3. The third-order valence-corrected chi connectivity index (χ3v) is 3.77. The van der Waals surface area contributed by atoms with Gasteiger partial charge in [-0.25, -0.2) is 0 Å². The van der Waals surface area contributed by atoms with E-state index in [-0.39, 0.29) is 32.5 Å². The van der Waals surface area contributed by atoms with E-state index in [0.29, 0.717) is 17.7 Å². The molecule has 0 saturated carbocycles. The lowest BCUT2D eigenvalue weighted by Crippen LogP contribution is -2.58. The zero-order valence-corrected chi connectivity index (χ0v) is 13.2. The van der Waals surface area contributed by atoms with E-state index < -0.39 is 29.5 Å². The maximum absolute atomic E-state index is 12.6. The number of rotatable bonds is 6. The molecule has 0 aromatic carbocycles. The number of nitrogens with one attached hydrogen (secondary N) is 1. The molecule has 1 aliphatic rings. The third kappa shape index (κ3) is 4.84. The molecule has 0 radical (unpaired) electrons. The van der Waals surface area contributed by atoms with Crippen LogP contribution in [-0.2, 0) is 19.1 Å². The molecule has 1 unspecified atom stereocenters. The molecule has 0 spiro atoms. The van der Waals surface area contributed by atoms with Gasteiger partial charge in [0.05, 0.1) is 6.61 Å². The second kappa shape index (κ2) is 7.65. The van der Waals surface area contributed by atoms with Crippen LogP contribution in [0.1, 0.15) is 39.5 Å². The van der Waals surface area contributed by atoms with Gasteiger partial charge < -0.3 is 15.0 Å². The van der Waals surface area contributed by atoms with E-state index in [4.69, 9.17) is 4.74 Å². The number of hydrogen-bond acceptors (Lipinski definition) is 4. The van der Waals surface area contributed by atoms with Crippen molar-refractivity contribution in [2.45, 2.75) is 51.2 Å². The van der Waals surface area contributed by atoms with Gasteiger partial charge in [-0.05, 0) is 33.1 Å². The van der Waals surface area contributed by atoms with Crippen molar-refractivity contribution in [3.63, 3.8) is 0 Å². The van der Waals surface area contributed by atoms with Gasteiger partial charge >= 0.3 is 18.1 Å². The van der Waals surface area contributed by atoms with Gasteiger partial charge in [0.2, 0.25) is 5.91 Å². The number of alkyl halides is 3. The molecular weight excluding hydrogens is 317 g/mol. The van der Waals surface area contributed by atoms with Crippen LogP contribution in [0.15, 0.2) is 0 Å². The number of halogens is 3. The summed E-state index contributed by atoms with van der Waals surface area (Å²) in [5, 5.41) is 2.49. The Morgan fingerprint density at radius 2 is 1.96 bits per heavy atom. The van der Waals surface area contributed by atoms with Gasteiger partial charge in [0.1, 0.15) is 5.54 Å². The summed E-state index contributed by atoms with van der Waals surface area (Å²) in [5.74, 6) is -3.04. The monoisotopic (exact) mass is 338 g/mol. The Morgan fingerprint density at radius 1 is 1.30 bits per heavy atom. The zero-order chi connectivity index (χ0) is 17.7. The SMILES string of the molecule is CCOC(=O)CCCNC(=O)C1(C)CCCN1C(=O)C(F)(F)F. The fourth-order valence-corrected chi connectivity index (χ4v) is 2.54. The normalized spacial score (nSPS) is 21.2. The van der Waals surface area contributed by atoms with Crippen molar-refractivity contribution in [2.24, 2.45) is 0 Å². The first-order valence-corrected chi connectivity index (χ1v) is 7.45. The number of nitrogens with zero attached hydrogens (tertiary/aromatic N) is 1. The zero-order valence-electron chi connectivity index (χ0n) is 13.2. The number of amides is 2. The first kappa shape index (κ1) is 19.2. The molecule has 6 nitrogen and oxygen atoms in total. The van der Waals surface area contributed by atoms with Crippen molar-refractivity contribution in [1.82, 2.24) is 10.2 Å². The summed E-state index contributed by atoms with van der Waals surface area (Å²) in [6, 6.07) is 0. The molecule has 0 aromatic heterocycles. The Morgan fingerprint density at radius 3 is 2.52 bits per heavy atom. The van der Waals surface area contributed by atoms with Gasteiger partial charge in [-0.3, -0.25) is 14.4 Å². The maximum atomic E-state index is 12.6. The molecule has 0 aromatic rings. The van der Waals surface area contributed by atoms with Crippen LogP contribution in [0.3, 0.4) is 0 Å². The van der Waals surface area contributed by atoms with Gasteiger partial charge in [-0.15, -0.1) is 0 Å². The molecule has 1 rings (SSSR count). The Kier molecular flexibility index (Phi) is 6.40. The van der Waals surface area contributed by atoms with E-state index in [9.17, 15) is 27.6 Å². The highest BCUT2D eigenvalue weighted by atomic mass is 19.4. The number of ether oxygens (including phenoxy) is 1.